The molecule has 4 aromatic rings. The van der Waals surface area contributed by atoms with Gasteiger partial charge < -0.3 is 29.0 Å². The summed E-state index contributed by atoms with van der Waals surface area (Å²) in [5, 5.41) is 3.81. The van der Waals surface area contributed by atoms with E-state index >= 15 is 0 Å². The molecule has 0 fully saturated rings. The number of anilines is 1. The second-order valence-corrected chi connectivity index (χ2v) is 12.8. The van der Waals surface area contributed by atoms with Crippen molar-refractivity contribution >= 4 is 51.7 Å². The number of hydrogen-bond donors (Lipinski definition) is 1. The number of hydrogen-bond acceptors (Lipinski definition) is 8. The molecule has 0 spiro atoms. The predicted molar refractivity (Wildman–Crippen MR) is 184 cm³/mol. The average Bonchev–Trinajstić information content (AvgIpc) is 3.05. The van der Waals surface area contributed by atoms with Crippen LogP contribution in [-0.4, -0.2) is 51.9 Å². The van der Waals surface area contributed by atoms with Crippen LogP contribution < -0.4 is 24.3 Å². The second-order valence-electron chi connectivity index (χ2n) is 12.4. The molecule has 0 bridgehead atoms. The third-order valence-electron chi connectivity index (χ3n) is 8.44. The number of carbonyl (C=O) groups excluding carboxylic acids is 2. The van der Waals surface area contributed by atoms with Gasteiger partial charge in [-0.25, -0.2) is 9.78 Å². The molecule has 3 aromatic carbocycles. The Morgan fingerprint density at radius 1 is 0.915 bits per heavy atom. The third kappa shape index (κ3) is 7.15. The largest absolute Gasteiger partial charge is 0.495 e. The predicted octanol–water partition coefficient (Wildman–Crippen LogP) is 7.87. The number of aromatic nitrogens is 1. The van der Waals surface area contributed by atoms with E-state index in [0.717, 1.165) is 28.8 Å². The summed E-state index contributed by atoms with van der Waals surface area (Å²) in [5.74, 6) is 1.05. The van der Waals surface area contributed by atoms with Crippen LogP contribution in [-0.2, 0) is 16.0 Å². The highest BCUT2D eigenvalue weighted by Gasteiger charge is 2.35. The Labute approximate surface area is 279 Å². The molecule has 1 amide bonds. The Kier molecular flexibility index (Phi) is 9.96. The third-order valence-corrected chi connectivity index (χ3v) is 8.68. The van der Waals surface area contributed by atoms with E-state index in [4.69, 9.17) is 40.3 Å². The fourth-order valence-corrected chi connectivity index (χ4v) is 6.09. The number of amides is 1. The first-order valence-corrected chi connectivity index (χ1v) is 15.6. The van der Waals surface area contributed by atoms with E-state index < -0.39 is 18.5 Å². The molecule has 246 valence electrons. The first-order valence-electron chi connectivity index (χ1n) is 15.2. The highest BCUT2D eigenvalue weighted by molar-refractivity contribution is 6.31. The van der Waals surface area contributed by atoms with Crippen LogP contribution in [0.25, 0.3) is 22.6 Å². The summed E-state index contributed by atoms with van der Waals surface area (Å²) in [6.07, 6.45) is 3.40. The number of halogens is 1. The van der Waals surface area contributed by atoms with Crippen LogP contribution in [0.15, 0.2) is 54.6 Å². The molecule has 5 rings (SSSR count). The number of ether oxygens (including phenoxy) is 5. The molecule has 1 aliphatic rings. The van der Waals surface area contributed by atoms with Gasteiger partial charge >= 0.3 is 5.97 Å². The van der Waals surface area contributed by atoms with Crippen molar-refractivity contribution < 1.29 is 33.3 Å². The number of carbonyl (C=O) groups is 2. The maximum absolute atomic E-state index is 14.0. The number of pyridine rings is 1. The van der Waals surface area contributed by atoms with Gasteiger partial charge in [-0.2, -0.15) is 0 Å². The van der Waals surface area contributed by atoms with Crippen LogP contribution in [0.4, 0.5) is 5.69 Å². The number of fused-ring (bicyclic) bond motifs is 2. The highest BCUT2D eigenvalue weighted by Crippen LogP contribution is 2.46. The molecule has 1 aliphatic carbocycles. The first-order chi connectivity index (χ1) is 22.5. The molecule has 1 aromatic heterocycles. The van der Waals surface area contributed by atoms with Crippen LogP contribution in [0, 0.1) is 11.3 Å². The van der Waals surface area contributed by atoms with Crippen LogP contribution in [0.1, 0.15) is 54.4 Å². The zero-order valence-electron chi connectivity index (χ0n) is 27.7. The molecule has 9 nitrogen and oxygen atoms in total. The van der Waals surface area contributed by atoms with E-state index in [2.05, 4.69) is 32.2 Å². The molecule has 1 N–H and O–H groups in total. The summed E-state index contributed by atoms with van der Waals surface area (Å²) >= 11 is 6.12. The molecule has 1 unspecified atom stereocenters. The molecule has 10 heteroatoms. The van der Waals surface area contributed by atoms with Crippen molar-refractivity contribution in [3.05, 3.63) is 82.0 Å². The standard InChI is InChI=1S/C37H39ClN2O7/c1-37(2,3)23-17-22(14-21-15-30(44-5)35(46-7)31(16-21)45-6)34-26(18-23)33(25-10-8-9-11-27(25)40-34)36(42)47-20-32(41)39-28-19-24(38)12-13-29(28)43-4/h8-16,19,23H,17-18,20H2,1-7H3,(H,39,41)/b22-14-. The zero-order valence-corrected chi connectivity index (χ0v) is 28.4. The van der Waals surface area contributed by atoms with Crippen molar-refractivity contribution in [1.29, 1.82) is 0 Å². The highest BCUT2D eigenvalue weighted by atomic mass is 35.5. The quantitative estimate of drug-likeness (QED) is 0.181. The molecule has 0 aliphatic heterocycles. The number of esters is 1. The average molecular weight is 659 g/mol. The van der Waals surface area contributed by atoms with E-state index in [-0.39, 0.29) is 11.3 Å². The number of rotatable bonds is 9. The van der Waals surface area contributed by atoms with Gasteiger partial charge in [0, 0.05) is 10.4 Å². The van der Waals surface area contributed by atoms with Gasteiger partial charge in [-0.3, -0.25) is 4.79 Å². The molecule has 1 heterocycles. The summed E-state index contributed by atoms with van der Waals surface area (Å²) in [7, 11) is 6.22. The number of methoxy groups -OCH3 is 4. The van der Waals surface area contributed by atoms with E-state index in [0.29, 0.717) is 56.6 Å². The fourth-order valence-electron chi connectivity index (χ4n) is 5.92. The monoisotopic (exact) mass is 658 g/mol. The number of para-hydroxylation sites is 1. The van der Waals surface area contributed by atoms with Crippen LogP contribution >= 0.6 is 11.6 Å². The lowest BCUT2D eigenvalue weighted by Crippen LogP contribution is -2.29. The van der Waals surface area contributed by atoms with Gasteiger partial charge in [-0.15, -0.1) is 0 Å². The van der Waals surface area contributed by atoms with Gasteiger partial charge in [0.2, 0.25) is 5.75 Å². The number of nitrogens with zero attached hydrogens (tertiary/aromatic N) is 1. The summed E-state index contributed by atoms with van der Waals surface area (Å²) in [6, 6.07) is 16.1. The van der Waals surface area contributed by atoms with E-state index in [1.165, 1.54) is 7.11 Å². The lowest BCUT2D eigenvalue weighted by atomic mass is 9.69. The van der Waals surface area contributed by atoms with Crippen molar-refractivity contribution in [2.75, 3.05) is 40.4 Å². The van der Waals surface area contributed by atoms with Gasteiger partial charge in [-0.05, 0) is 83.3 Å². The van der Waals surface area contributed by atoms with Crippen molar-refractivity contribution in [2.24, 2.45) is 11.3 Å². The lowest BCUT2D eigenvalue weighted by Gasteiger charge is -2.36. The minimum Gasteiger partial charge on any atom is -0.495 e. The topological polar surface area (TPSA) is 105 Å². The molecule has 0 radical (unpaired) electrons. The van der Waals surface area contributed by atoms with Crippen LogP contribution in [0.5, 0.6) is 23.0 Å². The minimum atomic E-state index is -0.602. The molecular formula is C37H39ClN2O7. The molecule has 0 saturated carbocycles. The number of allylic oxidation sites excluding steroid dienone is 1. The van der Waals surface area contributed by atoms with Crippen molar-refractivity contribution in [3.63, 3.8) is 0 Å². The van der Waals surface area contributed by atoms with Crippen molar-refractivity contribution in [3.8, 4) is 23.0 Å². The second kappa shape index (κ2) is 13.9. The van der Waals surface area contributed by atoms with Crippen LogP contribution in [0.2, 0.25) is 5.02 Å². The Bertz CT molecular complexity index is 1840. The summed E-state index contributed by atoms with van der Waals surface area (Å²) in [6.45, 7) is 6.08. The SMILES string of the molecule is COc1ccc(Cl)cc1NC(=O)COC(=O)c1c2c(nc3ccccc13)/C(=C\c1cc(OC)c(OC)c(OC)c1)CC(C(C)(C)C)C2. The molecular weight excluding hydrogens is 620 g/mol. The van der Waals surface area contributed by atoms with Gasteiger partial charge in [0.05, 0.1) is 50.9 Å². The number of nitrogens with one attached hydrogen (secondary N) is 1. The summed E-state index contributed by atoms with van der Waals surface area (Å²) in [5.41, 5.74) is 4.65. The Hall–Kier alpha value is -4.76. The van der Waals surface area contributed by atoms with Crippen LogP contribution in [0.3, 0.4) is 0 Å². The fraction of sp³-hybridized carbons (Fsp3) is 0.324. The maximum atomic E-state index is 14.0. The summed E-state index contributed by atoms with van der Waals surface area (Å²) in [4.78, 5) is 32.0. The first kappa shape index (κ1) is 33.6. The maximum Gasteiger partial charge on any atom is 0.339 e. The zero-order chi connectivity index (χ0) is 33.9. The van der Waals surface area contributed by atoms with E-state index in [9.17, 15) is 9.59 Å². The molecule has 47 heavy (non-hydrogen) atoms. The lowest BCUT2D eigenvalue weighted by molar-refractivity contribution is -0.119. The van der Waals surface area contributed by atoms with Gasteiger partial charge in [-0.1, -0.05) is 50.6 Å². The smallest absolute Gasteiger partial charge is 0.339 e. The Morgan fingerprint density at radius 3 is 2.23 bits per heavy atom. The van der Waals surface area contributed by atoms with Gasteiger partial charge in [0.25, 0.3) is 5.91 Å². The number of benzene rings is 3. The Balaban J connectivity index is 1.58. The van der Waals surface area contributed by atoms with Crippen molar-refractivity contribution in [2.45, 2.75) is 33.6 Å². The Morgan fingerprint density at radius 2 is 1.60 bits per heavy atom. The van der Waals surface area contributed by atoms with E-state index in [1.54, 1.807) is 39.5 Å². The van der Waals surface area contributed by atoms with Crippen molar-refractivity contribution in [1.82, 2.24) is 4.98 Å². The minimum absolute atomic E-state index is 0.0885. The summed E-state index contributed by atoms with van der Waals surface area (Å²) < 4.78 is 27.7. The van der Waals surface area contributed by atoms with E-state index in [1.807, 2.05) is 36.4 Å². The van der Waals surface area contributed by atoms with Gasteiger partial charge in [0.15, 0.2) is 18.1 Å². The van der Waals surface area contributed by atoms with Gasteiger partial charge in [0.1, 0.15) is 5.75 Å². The normalized spacial score (nSPS) is 15.1. The molecule has 0 saturated heterocycles. The molecule has 1 atom stereocenters.